The Bertz CT molecular complexity index is 1590. The predicted molar refractivity (Wildman–Crippen MR) is 138 cm³/mol. The maximum Gasteiger partial charge on any atom is 0.270 e. The number of fused-ring (bicyclic) bond motifs is 1. The number of ether oxygens (including phenoxy) is 2. The first-order chi connectivity index (χ1) is 17.4. The zero-order valence-corrected chi connectivity index (χ0v) is 19.7. The molecule has 9 heteroatoms. The Kier molecular flexibility index (Phi) is 6.05. The van der Waals surface area contributed by atoms with Crippen molar-refractivity contribution in [3.63, 3.8) is 0 Å². The lowest BCUT2D eigenvalue weighted by Gasteiger charge is -2.29. The number of amides is 2. The Morgan fingerprint density at radius 3 is 2.33 bits per heavy atom. The van der Waals surface area contributed by atoms with Crippen molar-refractivity contribution >= 4 is 51.9 Å². The molecule has 8 nitrogen and oxygen atoms in total. The minimum atomic E-state index is -0.713. The van der Waals surface area contributed by atoms with E-state index in [1.807, 2.05) is 30.3 Å². The van der Waals surface area contributed by atoms with Gasteiger partial charge in [0.05, 0.1) is 23.7 Å². The highest BCUT2D eigenvalue weighted by Gasteiger charge is 2.34. The zero-order valence-electron chi connectivity index (χ0n) is 18.9. The van der Waals surface area contributed by atoms with Crippen LogP contribution in [0.1, 0.15) is 5.56 Å². The molecule has 2 amide bonds. The van der Waals surface area contributed by atoms with Gasteiger partial charge in [0.2, 0.25) is 0 Å². The summed E-state index contributed by atoms with van der Waals surface area (Å²) in [5.74, 6) is 0.312. The molecule has 0 atom stereocenters. The maximum absolute atomic E-state index is 13.3. The van der Waals surface area contributed by atoms with Gasteiger partial charge in [-0.3, -0.25) is 24.6 Å². The topological polar surface area (TPSA) is 98.1 Å². The lowest BCUT2D eigenvalue weighted by atomic mass is 10.1. The van der Waals surface area contributed by atoms with Crippen molar-refractivity contribution in [1.29, 1.82) is 0 Å². The highest BCUT2D eigenvalue weighted by molar-refractivity contribution is 7.80. The van der Waals surface area contributed by atoms with Gasteiger partial charge in [-0.2, -0.15) is 0 Å². The number of hydrogen-bond acceptors (Lipinski definition) is 7. The molecule has 1 fully saturated rings. The lowest BCUT2D eigenvalue weighted by molar-refractivity contribution is -0.122. The van der Waals surface area contributed by atoms with Gasteiger partial charge in [0.1, 0.15) is 34.7 Å². The molecule has 36 heavy (non-hydrogen) atoms. The second kappa shape index (κ2) is 9.47. The molecule has 0 saturated carbocycles. The summed E-state index contributed by atoms with van der Waals surface area (Å²) in [6.45, 7) is 0. The molecule has 0 spiro atoms. The van der Waals surface area contributed by atoms with E-state index in [9.17, 15) is 14.4 Å². The van der Waals surface area contributed by atoms with E-state index in [2.05, 4.69) is 5.32 Å². The smallest absolute Gasteiger partial charge is 0.270 e. The van der Waals surface area contributed by atoms with Gasteiger partial charge in [0.15, 0.2) is 10.5 Å². The summed E-state index contributed by atoms with van der Waals surface area (Å²) in [6, 6.07) is 20.7. The van der Waals surface area contributed by atoms with E-state index in [0.29, 0.717) is 28.5 Å². The first-order valence-electron chi connectivity index (χ1n) is 10.8. The number of hydrogen-bond donors (Lipinski definition) is 1. The average Bonchev–Trinajstić information content (AvgIpc) is 2.89. The Morgan fingerprint density at radius 1 is 0.917 bits per heavy atom. The number of rotatable bonds is 5. The van der Waals surface area contributed by atoms with Crippen molar-refractivity contribution in [2.24, 2.45) is 0 Å². The van der Waals surface area contributed by atoms with Crippen molar-refractivity contribution in [3.05, 3.63) is 100 Å². The SMILES string of the molecule is COc1ccc2occ(/C=C3\C(=O)NC(=S)N(c4ccc(Oc5ccccc5)cc4)C3=O)c(=O)c2c1. The molecule has 1 saturated heterocycles. The summed E-state index contributed by atoms with van der Waals surface area (Å²) in [6.07, 6.45) is 2.40. The molecule has 0 bridgehead atoms. The van der Waals surface area contributed by atoms with Crippen LogP contribution in [0, 0.1) is 0 Å². The van der Waals surface area contributed by atoms with Crippen LogP contribution in [0.15, 0.2) is 93.8 Å². The monoisotopic (exact) mass is 498 g/mol. The van der Waals surface area contributed by atoms with Crippen LogP contribution in [0.4, 0.5) is 5.69 Å². The van der Waals surface area contributed by atoms with E-state index < -0.39 is 17.2 Å². The molecule has 178 valence electrons. The number of para-hydroxylation sites is 1. The molecule has 1 aliphatic heterocycles. The van der Waals surface area contributed by atoms with Crippen molar-refractivity contribution in [2.75, 3.05) is 12.0 Å². The summed E-state index contributed by atoms with van der Waals surface area (Å²) in [4.78, 5) is 40.2. The number of nitrogens with zero attached hydrogens (tertiary/aromatic N) is 1. The van der Waals surface area contributed by atoms with E-state index in [-0.39, 0.29) is 21.6 Å². The minimum absolute atomic E-state index is 0.0358. The van der Waals surface area contributed by atoms with Crippen LogP contribution in [-0.2, 0) is 9.59 Å². The lowest BCUT2D eigenvalue weighted by Crippen LogP contribution is -2.54. The van der Waals surface area contributed by atoms with E-state index >= 15 is 0 Å². The van der Waals surface area contributed by atoms with E-state index in [1.165, 1.54) is 30.4 Å². The number of benzene rings is 3. The molecule has 0 aliphatic carbocycles. The Morgan fingerprint density at radius 2 is 1.61 bits per heavy atom. The summed E-state index contributed by atoms with van der Waals surface area (Å²) >= 11 is 5.26. The van der Waals surface area contributed by atoms with Gasteiger partial charge in [-0.05, 0) is 72.9 Å². The van der Waals surface area contributed by atoms with Crippen LogP contribution in [0.3, 0.4) is 0 Å². The van der Waals surface area contributed by atoms with Crippen molar-refractivity contribution < 1.29 is 23.5 Å². The summed E-state index contributed by atoms with van der Waals surface area (Å²) in [5.41, 5.74) is 0.135. The first-order valence-corrected chi connectivity index (χ1v) is 11.2. The van der Waals surface area contributed by atoms with Gasteiger partial charge >= 0.3 is 0 Å². The van der Waals surface area contributed by atoms with Gasteiger partial charge < -0.3 is 13.9 Å². The summed E-state index contributed by atoms with van der Waals surface area (Å²) in [7, 11) is 1.48. The van der Waals surface area contributed by atoms with E-state index in [4.69, 9.17) is 26.1 Å². The third-order valence-electron chi connectivity index (χ3n) is 5.48. The maximum atomic E-state index is 13.3. The number of carbonyl (C=O) groups is 2. The molecule has 2 heterocycles. The molecule has 0 unspecified atom stereocenters. The highest BCUT2D eigenvalue weighted by Crippen LogP contribution is 2.27. The van der Waals surface area contributed by atoms with Crippen molar-refractivity contribution in [2.45, 2.75) is 0 Å². The standard InChI is InChI=1S/C27H18N2O6S/c1-33-20-11-12-23-21(14-20)24(30)16(15-34-23)13-22-25(31)28-27(36)29(26(22)32)17-7-9-19(10-8-17)35-18-5-3-2-4-6-18/h2-15H,1H3,(H,28,31,36)/b22-13+. The van der Waals surface area contributed by atoms with Gasteiger partial charge in [0, 0.05) is 0 Å². The van der Waals surface area contributed by atoms with E-state index in [1.54, 1.807) is 36.4 Å². The summed E-state index contributed by atoms with van der Waals surface area (Å²) < 4.78 is 16.5. The second-order valence-corrected chi connectivity index (χ2v) is 8.14. The van der Waals surface area contributed by atoms with Gasteiger partial charge in [-0.25, -0.2) is 0 Å². The number of anilines is 1. The molecule has 1 aliphatic rings. The number of nitrogens with one attached hydrogen (secondary N) is 1. The van der Waals surface area contributed by atoms with Crippen molar-refractivity contribution in [3.8, 4) is 17.2 Å². The third-order valence-corrected chi connectivity index (χ3v) is 5.77. The fourth-order valence-corrected chi connectivity index (χ4v) is 3.97. The molecule has 1 aromatic heterocycles. The fourth-order valence-electron chi connectivity index (χ4n) is 3.69. The van der Waals surface area contributed by atoms with Gasteiger partial charge in [0.25, 0.3) is 11.8 Å². The molecule has 1 N–H and O–H groups in total. The highest BCUT2D eigenvalue weighted by atomic mass is 32.1. The van der Waals surface area contributed by atoms with Gasteiger partial charge in [-0.15, -0.1) is 0 Å². The largest absolute Gasteiger partial charge is 0.497 e. The van der Waals surface area contributed by atoms with E-state index in [0.717, 1.165) is 0 Å². The van der Waals surface area contributed by atoms with Crippen LogP contribution < -0.4 is 25.1 Å². The molecule has 0 radical (unpaired) electrons. The average molecular weight is 499 g/mol. The van der Waals surface area contributed by atoms with Crippen LogP contribution in [0.25, 0.3) is 17.0 Å². The van der Waals surface area contributed by atoms with Crippen molar-refractivity contribution in [1.82, 2.24) is 5.32 Å². The van der Waals surface area contributed by atoms with Crippen LogP contribution >= 0.6 is 12.2 Å². The molecule has 3 aromatic carbocycles. The zero-order chi connectivity index (χ0) is 25.2. The van der Waals surface area contributed by atoms with Crippen LogP contribution in [-0.4, -0.2) is 24.0 Å². The molecular formula is C27H18N2O6S. The Hall–Kier alpha value is -4.76. The normalized spacial score (nSPS) is 14.8. The number of thiocarbonyl (C=S) groups is 1. The molecular weight excluding hydrogens is 480 g/mol. The number of methoxy groups -OCH3 is 1. The quantitative estimate of drug-likeness (QED) is 0.247. The first kappa shape index (κ1) is 23.0. The fraction of sp³-hybridized carbons (Fsp3) is 0.0370. The Balaban J connectivity index is 1.47. The predicted octanol–water partition coefficient (Wildman–Crippen LogP) is 4.43. The third kappa shape index (κ3) is 4.35. The minimum Gasteiger partial charge on any atom is -0.497 e. The van der Waals surface area contributed by atoms with Crippen LogP contribution in [0.5, 0.6) is 17.2 Å². The van der Waals surface area contributed by atoms with Crippen LogP contribution in [0.2, 0.25) is 0 Å². The summed E-state index contributed by atoms with van der Waals surface area (Å²) in [5, 5.41) is 2.69. The molecule has 5 rings (SSSR count). The molecule has 4 aromatic rings. The Labute approximate surface area is 210 Å². The second-order valence-electron chi connectivity index (χ2n) is 7.75. The number of carbonyl (C=O) groups excluding carboxylic acids is 2. The van der Waals surface area contributed by atoms with Gasteiger partial charge in [-0.1, -0.05) is 18.2 Å².